The van der Waals surface area contributed by atoms with Crippen LogP contribution in [-0.4, -0.2) is 11.9 Å². The number of nitrogens with zero attached hydrogens (tertiary/aromatic N) is 1. The van der Waals surface area contributed by atoms with Gasteiger partial charge in [0.25, 0.3) is 0 Å². The summed E-state index contributed by atoms with van der Waals surface area (Å²) >= 11 is 3.37. The summed E-state index contributed by atoms with van der Waals surface area (Å²) in [6.45, 7) is 1.66. The van der Waals surface area contributed by atoms with E-state index in [2.05, 4.69) is 21.2 Å². The fraction of sp³-hybridized carbons (Fsp3) is 0.125. The van der Waals surface area contributed by atoms with Crippen LogP contribution in [0.4, 0.5) is 16.2 Å². The molecule has 0 saturated carbocycles. The summed E-state index contributed by atoms with van der Waals surface area (Å²) < 4.78 is 0.929. The number of nitrogens with one attached hydrogen (secondary N) is 1. The van der Waals surface area contributed by atoms with Crippen LogP contribution in [0.2, 0.25) is 0 Å². The van der Waals surface area contributed by atoms with E-state index in [4.69, 9.17) is 5.73 Å². The summed E-state index contributed by atoms with van der Waals surface area (Å²) in [5, 5.41) is 2.73. The number of halogens is 1. The maximum atomic E-state index is 12.3. The largest absolute Gasteiger partial charge is 0.399 e. The van der Waals surface area contributed by atoms with E-state index >= 15 is 0 Å². The second kappa shape index (κ2) is 7.09. The van der Waals surface area contributed by atoms with Gasteiger partial charge in [-0.1, -0.05) is 34.1 Å². The first-order chi connectivity index (χ1) is 10.5. The van der Waals surface area contributed by atoms with Gasteiger partial charge in [-0.3, -0.25) is 4.79 Å². The lowest BCUT2D eigenvalue weighted by Gasteiger charge is -2.20. The number of benzene rings is 2. The molecule has 0 atom stereocenters. The molecule has 0 saturated heterocycles. The molecule has 0 aromatic heterocycles. The molecule has 2 rings (SSSR count). The standard InChI is InChI=1S/C16H16BrN3O2/c1-11(21)20(15-7-3-6-14(18)9-15)16(22)19-10-12-4-2-5-13(17)8-12/h2-9H,10,18H2,1H3,(H,19,22). The average molecular weight is 362 g/mol. The van der Waals surface area contributed by atoms with Crippen LogP contribution in [0.25, 0.3) is 0 Å². The number of rotatable bonds is 3. The monoisotopic (exact) mass is 361 g/mol. The maximum absolute atomic E-state index is 12.3. The highest BCUT2D eigenvalue weighted by Gasteiger charge is 2.19. The maximum Gasteiger partial charge on any atom is 0.329 e. The van der Waals surface area contributed by atoms with Gasteiger partial charge >= 0.3 is 6.03 Å². The van der Waals surface area contributed by atoms with Crippen molar-refractivity contribution in [2.24, 2.45) is 0 Å². The highest BCUT2D eigenvalue weighted by molar-refractivity contribution is 9.10. The highest BCUT2D eigenvalue weighted by Crippen LogP contribution is 2.18. The van der Waals surface area contributed by atoms with Crippen LogP contribution in [-0.2, 0) is 11.3 Å². The Balaban J connectivity index is 2.12. The van der Waals surface area contributed by atoms with Gasteiger partial charge in [0.1, 0.15) is 0 Å². The molecule has 0 heterocycles. The molecule has 2 aromatic rings. The first-order valence-electron chi connectivity index (χ1n) is 6.66. The van der Waals surface area contributed by atoms with Crippen molar-refractivity contribution < 1.29 is 9.59 Å². The number of nitrogen functional groups attached to an aromatic ring is 1. The Morgan fingerprint density at radius 2 is 1.91 bits per heavy atom. The summed E-state index contributed by atoms with van der Waals surface area (Å²) in [7, 11) is 0. The number of urea groups is 1. The van der Waals surface area contributed by atoms with Crippen LogP contribution >= 0.6 is 15.9 Å². The zero-order valence-corrected chi connectivity index (χ0v) is 13.6. The molecule has 3 amide bonds. The predicted molar refractivity (Wildman–Crippen MR) is 90.4 cm³/mol. The van der Waals surface area contributed by atoms with E-state index in [0.717, 1.165) is 14.9 Å². The minimum Gasteiger partial charge on any atom is -0.399 e. The Hall–Kier alpha value is -2.34. The third kappa shape index (κ3) is 4.08. The lowest BCUT2D eigenvalue weighted by Crippen LogP contribution is -2.42. The Labute approximate surface area is 137 Å². The van der Waals surface area contributed by atoms with E-state index in [1.165, 1.54) is 6.92 Å². The number of hydrogen-bond acceptors (Lipinski definition) is 3. The molecule has 0 radical (unpaired) electrons. The normalized spacial score (nSPS) is 10.1. The first-order valence-corrected chi connectivity index (χ1v) is 7.45. The van der Waals surface area contributed by atoms with Gasteiger partial charge < -0.3 is 11.1 Å². The molecule has 0 bridgehead atoms. The molecule has 0 aliphatic carbocycles. The molecule has 114 valence electrons. The van der Waals surface area contributed by atoms with Gasteiger partial charge in [0.2, 0.25) is 5.91 Å². The van der Waals surface area contributed by atoms with Gasteiger partial charge in [-0.15, -0.1) is 0 Å². The van der Waals surface area contributed by atoms with E-state index in [1.54, 1.807) is 24.3 Å². The number of imide groups is 1. The Morgan fingerprint density at radius 1 is 1.18 bits per heavy atom. The number of nitrogens with two attached hydrogens (primary N) is 1. The van der Waals surface area contributed by atoms with Gasteiger partial charge in [0, 0.05) is 23.6 Å². The summed E-state index contributed by atoms with van der Waals surface area (Å²) in [5.41, 5.74) is 7.57. The van der Waals surface area contributed by atoms with E-state index in [1.807, 2.05) is 24.3 Å². The van der Waals surface area contributed by atoms with Gasteiger partial charge in [0.05, 0.1) is 5.69 Å². The fourth-order valence-corrected chi connectivity index (χ4v) is 2.46. The lowest BCUT2D eigenvalue weighted by molar-refractivity contribution is -0.115. The SMILES string of the molecule is CC(=O)N(C(=O)NCc1cccc(Br)c1)c1cccc(N)c1. The van der Waals surface area contributed by atoms with Crippen LogP contribution in [0.5, 0.6) is 0 Å². The van der Waals surface area contributed by atoms with Crippen molar-refractivity contribution in [3.05, 3.63) is 58.6 Å². The molecule has 0 fully saturated rings. The van der Waals surface area contributed by atoms with Crippen LogP contribution < -0.4 is 16.0 Å². The summed E-state index contributed by atoms with van der Waals surface area (Å²) in [6.07, 6.45) is 0. The first kappa shape index (κ1) is 16.0. The molecular weight excluding hydrogens is 346 g/mol. The molecule has 0 aliphatic rings. The minimum absolute atomic E-state index is 0.324. The van der Waals surface area contributed by atoms with Gasteiger partial charge in [-0.05, 0) is 35.9 Å². The van der Waals surface area contributed by atoms with Crippen molar-refractivity contribution in [1.82, 2.24) is 5.32 Å². The third-order valence-electron chi connectivity index (χ3n) is 2.98. The molecular formula is C16H16BrN3O2. The van der Waals surface area contributed by atoms with Crippen LogP contribution in [0.15, 0.2) is 53.0 Å². The molecule has 0 spiro atoms. The van der Waals surface area contributed by atoms with Crippen LogP contribution in [0.3, 0.4) is 0 Å². The zero-order chi connectivity index (χ0) is 16.1. The lowest BCUT2D eigenvalue weighted by atomic mass is 10.2. The number of hydrogen-bond donors (Lipinski definition) is 2. The number of amides is 3. The molecule has 2 aromatic carbocycles. The summed E-state index contributed by atoms with van der Waals surface area (Å²) in [4.78, 5) is 25.1. The number of carbonyl (C=O) groups excluding carboxylic acids is 2. The van der Waals surface area contributed by atoms with Crippen molar-refractivity contribution in [3.63, 3.8) is 0 Å². The molecule has 22 heavy (non-hydrogen) atoms. The molecule has 0 aliphatic heterocycles. The van der Waals surface area contributed by atoms with Crippen molar-refractivity contribution in [2.75, 3.05) is 10.6 Å². The fourth-order valence-electron chi connectivity index (χ4n) is 2.01. The number of anilines is 2. The van der Waals surface area contributed by atoms with Crippen LogP contribution in [0.1, 0.15) is 12.5 Å². The molecule has 0 unspecified atom stereocenters. The molecule has 3 N–H and O–H groups in total. The third-order valence-corrected chi connectivity index (χ3v) is 3.47. The average Bonchev–Trinajstić information content (AvgIpc) is 2.45. The molecule has 6 heteroatoms. The van der Waals surface area contributed by atoms with Crippen molar-refractivity contribution >= 4 is 39.2 Å². The van der Waals surface area contributed by atoms with Crippen molar-refractivity contribution in [2.45, 2.75) is 13.5 Å². The van der Waals surface area contributed by atoms with E-state index < -0.39 is 6.03 Å². The quantitative estimate of drug-likeness (QED) is 0.823. The van der Waals surface area contributed by atoms with Crippen molar-refractivity contribution in [1.29, 1.82) is 0 Å². The molecule has 5 nitrogen and oxygen atoms in total. The Morgan fingerprint density at radius 3 is 2.55 bits per heavy atom. The van der Waals surface area contributed by atoms with Gasteiger partial charge in [-0.25, -0.2) is 9.69 Å². The van der Waals surface area contributed by atoms with E-state index in [9.17, 15) is 9.59 Å². The smallest absolute Gasteiger partial charge is 0.329 e. The second-order valence-corrected chi connectivity index (χ2v) is 5.65. The van der Waals surface area contributed by atoms with Gasteiger partial charge in [0.15, 0.2) is 0 Å². The topological polar surface area (TPSA) is 75.4 Å². The predicted octanol–water partition coefficient (Wildman–Crippen LogP) is 3.29. The van der Waals surface area contributed by atoms with Crippen molar-refractivity contribution in [3.8, 4) is 0 Å². The number of carbonyl (C=O) groups is 2. The van der Waals surface area contributed by atoms with E-state index in [0.29, 0.717) is 17.9 Å². The highest BCUT2D eigenvalue weighted by atomic mass is 79.9. The summed E-state index contributed by atoms with van der Waals surface area (Å²) in [6, 6.07) is 13.7. The minimum atomic E-state index is -0.488. The second-order valence-electron chi connectivity index (χ2n) is 4.74. The summed E-state index contributed by atoms with van der Waals surface area (Å²) in [5.74, 6) is -0.377. The van der Waals surface area contributed by atoms with Crippen LogP contribution in [0, 0.1) is 0 Å². The zero-order valence-electron chi connectivity index (χ0n) is 12.0. The van der Waals surface area contributed by atoms with Gasteiger partial charge in [-0.2, -0.15) is 0 Å². The Kier molecular flexibility index (Phi) is 5.16. The Bertz CT molecular complexity index is 703. The van der Waals surface area contributed by atoms with E-state index in [-0.39, 0.29) is 5.91 Å².